The molecule has 1 unspecified atom stereocenters. The zero-order chi connectivity index (χ0) is 10.6. The summed E-state index contributed by atoms with van der Waals surface area (Å²) in [6.07, 6.45) is 3.89. The van der Waals surface area contributed by atoms with Crippen LogP contribution in [0.25, 0.3) is 0 Å². The van der Waals surface area contributed by atoms with Crippen molar-refractivity contribution in [1.82, 2.24) is 5.32 Å². The molecular weight excluding hydrogens is 178 g/mol. The summed E-state index contributed by atoms with van der Waals surface area (Å²) in [6.45, 7) is 4.30. The average molecular weight is 199 g/mol. The lowest BCUT2D eigenvalue weighted by molar-refractivity contribution is -0.126. The Hall–Kier alpha value is -0.570. The van der Waals surface area contributed by atoms with Crippen LogP contribution in [0.2, 0.25) is 0 Å². The van der Waals surface area contributed by atoms with Gasteiger partial charge >= 0.3 is 0 Å². The van der Waals surface area contributed by atoms with Gasteiger partial charge in [0, 0.05) is 12.5 Å². The molecule has 0 aromatic rings. The lowest BCUT2D eigenvalue weighted by atomic mass is 9.82. The summed E-state index contributed by atoms with van der Waals surface area (Å²) in [4.78, 5) is 11.6. The van der Waals surface area contributed by atoms with E-state index in [9.17, 15) is 4.79 Å². The number of carbonyl (C=O) groups is 1. The molecule has 1 saturated carbocycles. The molecule has 0 bridgehead atoms. The molecule has 1 fully saturated rings. The zero-order valence-corrected chi connectivity index (χ0v) is 9.12. The van der Waals surface area contributed by atoms with Gasteiger partial charge in [-0.1, -0.05) is 6.92 Å². The first kappa shape index (κ1) is 11.5. The molecule has 2 N–H and O–H groups in total. The van der Waals surface area contributed by atoms with Gasteiger partial charge in [0.1, 0.15) is 0 Å². The van der Waals surface area contributed by atoms with Gasteiger partial charge in [-0.2, -0.15) is 0 Å². The number of rotatable bonds is 3. The summed E-state index contributed by atoms with van der Waals surface area (Å²) < 4.78 is 0. The molecule has 0 radical (unpaired) electrons. The summed E-state index contributed by atoms with van der Waals surface area (Å²) in [5, 5.41) is 11.8. The van der Waals surface area contributed by atoms with Crippen molar-refractivity contribution in [3.8, 4) is 0 Å². The lowest BCUT2D eigenvalue weighted by Crippen LogP contribution is -2.36. The van der Waals surface area contributed by atoms with Gasteiger partial charge in [-0.05, 0) is 38.5 Å². The largest absolute Gasteiger partial charge is 0.392 e. The molecule has 3 heteroatoms. The maximum atomic E-state index is 11.6. The number of carbonyl (C=O) groups excluding carboxylic acids is 1. The first-order chi connectivity index (χ1) is 6.59. The minimum atomic E-state index is -0.443. The number of hydrogen-bond donors (Lipinski definition) is 2. The van der Waals surface area contributed by atoms with Crippen LogP contribution in [0.1, 0.15) is 39.5 Å². The third-order valence-electron chi connectivity index (χ3n) is 2.96. The van der Waals surface area contributed by atoms with Crippen LogP contribution in [0, 0.1) is 11.8 Å². The number of nitrogens with one attached hydrogen (secondary N) is 1. The first-order valence-corrected chi connectivity index (χ1v) is 5.55. The molecule has 1 aliphatic rings. The van der Waals surface area contributed by atoms with Gasteiger partial charge in [0.25, 0.3) is 0 Å². The van der Waals surface area contributed by atoms with Gasteiger partial charge in [0.2, 0.25) is 5.91 Å². The third kappa shape index (κ3) is 3.66. The Kier molecular flexibility index (Phi) is 4.39. The van der Waals surface area contributed by atoms with Gasteiger partial charge in [0.05, 0.1) is 6.10 Å². The summed E-state index contributed by atoms with van der Waals surface area (Å²) in [6, 6.07) is 0. The Morgan fingerprint density at radius 1 is 1.43 bits per heavy atom. The summed E-state index contributed by atoms with van der Waals surface area (Å²) in [7, 11) is 0. The Labute approximate surface area is 85.9 Å². The van der Waals surface area contributed by atoms with Crippen molar-refractivity contribution in [3.63, 3.8) is 0 Å². The highest BCUT2D eigenvalue weighted by atomic mass is 16.3. The maximum Gasteiger partial charge on any atom is 0.223 e. The molecule has 1 atom stereocenters. The topological polar surface area (TPSA) is 49.3 Å². The van der Waals surface area contributed by atoms with E-state index in [1.807, 2.05) is 0 Å². The highest BCUT2D eigenvalue weighted by molar-refractivity contribution is 5.78. The third-order valence-corrected chi connectivity index (χ3v) is 2.96. The molecule has 0 aromatic carbocycles. The van der Waals surface area contributed by atoms with E-state index < -0.39 is 6.10 Å². The van der Waals surface area contributed by atoms with Crippen LogP contribution in [-0.4, -0.2) is 23.7 Å². The standard InChI is InChI=1S/C11H21NO2/c1-8-3-5-10(6-4-8)11(14)12-7-9(2)13/h8-10,13H,3-7H2,1-2H3,(H,12,14). The first-order valence-electron chi connectivity index (χ1n) is 5.55. The van der Waals surface area contributed by atoms with Gasteiger partial charge in [-0.25, -0.2) is 0 Å². The minimum absolute atomic E-state index is 0.123. The fourth-order valence-electron chi connectivity index (χ4n) is 1.91. The Morgan fingerprint density at radius 3 is 2.50 bits per heavy atom. The molecule has 0 heterocycles. The number of aliphatic hydroxyl groups excluding tert-OH is 1. The van der Waals surface area contributed by atoms with Gasteiger partial charge < -0.3 is 10.4 Å². The van der Waals surface area contributed by atoms with Crippen LogP contribution in [-0.2, 0) is 4.79 Å². The van der Waals surface area contributed by atoms with E-state index in [0.717, 1.165) is 31.6 Å². The summed E-state index contributed by atoms with van der Waals surface area (Å²) in [5.74, 6) is 1.08. The van der Waals surface area contributed by atoms with Crippen LogP contribution in [0.4, 0.5) is 0 Å². The van der Waals surface area contributed by atoms with Crippen LogP contribution in [0.3, 0.4) is 0 Å². The molecule has 1 amide bonds. The van der Waals surface area contributed by atoms with E-state index >= 15 is 0 Å². The van der Waals surface area contributed by atoms with Gasteiger partial charge in [0.15, 0.2) is 0 Å². The molecule has 3 nitrogen and oxygen atoms in total. The number of amides is 1. The van der Waals surface area contributed by atoms with E-state index in [1.165, 1.54) is 0 Å². The normalized spacial score (nSPS) is 29.6. The van der Waals surface area contributed by atoms with Crippen molar-refractivity contribution in [2.45, 2.75) is 45.6 Å². The molecule has 0 aromatic heterocycles. The Morgan fingerprint density at radius 2 is 2.00 bits per heavy atom. The molecule has 1 aliphatic carbocycles. The molecule has 1 rings (SSSR count). The fraction of sp³-hybridized carbons (Fsp3) is 0.909. The van der Waals surface area contributed by atoms with Crippen molar-refractivity contribution in [3.05, 3.63) is 0 Å². The maximum absolute atomic E-state index is 11.6. The van der Waals surface area contributed by atoms with Crippen LogP contribution in [0.5, 0.6) is 0 Å². The van der Waals surface area contributed by atoms with Gasteiger partial charge in [-0.15, -0.1) is 0 Å². The highest BCUT2D eigenvalue weighted by Crippen LogP contribution is 2.28. The zero-order valence-electron chi connectivity index (χ0n) is 9.12. The van der Waals surface area contributed by atoms with E-state index in [1.54, 1.807) is 6.92 Å². The molecule has 0 spiro atoms. The summed E-state index contributed by atoms with van der Waals surface area (Å²) >= 11 is 0. The lowest BCUT2D eigenvalue weighted by Gasteiger charge is -2.25. The van der Waals surface area contributed by atoms with Crippen LogP contribution in [0.15, 0.2) is 0 Å². The van der Waals surface area contributed by atoms with Gasteiger partial charge in [-0.3, -0.25) is 4.79 Å². The molecule has 14 heavy (non-hydrogen) atoms. The monoisotopic (exact) mass is 199 g/mol. The fourth-order valence-corrected chi connectivity index (χ4v) is 1.91. The highest BCUT2D eigenvalue weighted by Gasteiger charge is 2.23. The molecule has 82 valence electrons. The smallest absolute Gasteiger partial charge is 0.223 e. The van der Waals surface area contributed by atoms with E-state index in [2.05, 4.69) is 12.2 Å². The van der Waals surface area contributed by atoms with Crippen molar-refractivity contribution in [2.75, 3.05) is 6.54 Å². The second-order valence-corrected chi connectivity index (χ2v) is 4.55. The van der Waals surface area contributed by atoms with Crippen molar-refractivity contribution in [2.24, 2.45) is 11.8 Å². The average Bonchev–Trinajstić information content (AvgIpc) is 2.15. The van der Waals surface area contributed by atoms with E-state index in [4.69, 9.17) is 5.11 Å². The van der Waals surface area contributed by atoms with Crippen molar-refractivity contribution in [1.29, 1.82) is 0 Å². The quantitative estimate of drug-likeness (QED) is 0.720. The van der Waals surface area contributed by atoms with Crippen LogP contribution >= 0.6 is 0 Å². The van der Waals surface area contributed by atoms with Crippen molar-refractivity contribution < 1.29 is 9.90 Å². The SMILES string of the molecule is CC(O)CNC(=O)C1CCC(C)CC1. The minimum Gasteiger partial charge on any atom is -0.392 e. The summed E-state index contributed by atoms with van der Waals surface area (Å²) in [5.41, 5.74) is 0. The van der Waals surface area contributed by atoms with Crippen LogP contribution < -0.4 is 5.32 Å². The predicted octanol–water partition coefficient (Wildman–Crippen LogP) is 1.31. The molecule has 0 aliphatic heterocycles. The predicted molar refractivity (Wildman–Crippen MR) is 55.8 cm³/mol. The number of hydrogen-bond acceptors (Lipinski definition) is 2. The van der Waals surface area contributed by atoms with Crippen molar-refractivity contribution >= 4 is 5.91 Å². The second kappa shape index (κ2) is 5.35. The molecular formula is C11H21NO2. The Bertz CT molecular complexity index is 184. The second-order valence-electron chi connectivity index (χ2n) is 4.55. The number of aliphatic hydroxyl groups is 1. The molecule has 0 saturated heterocycles. The van der Waals surface area contributed by atoms with E-state index in [0.29, 0.717) is 6.54 Å². The Balaban J connectivity index is 2.24. The van der Waals surface area contributed by atoms with E-state index in [-0.39, 0.29) is 11.8 Å².